The molecule has 1 aliphatic rings. The zero-order valence-electron chi connectivity index (χ0n) is 15.8. The van der Waals surface area contributed by atoms with E-state index in [4.69, 9.17) is 9.47 Å². The van der Waals surface area contributed by atoms with Crippen LogP contribution in [-0.2, 0) is 11.2 Å². The topological polar surface area (TPSA) is 38.8 Å². The summed E-state index contributed by atoms with van der Waals surface area (Å²) in [6.45, 7) is 1.31. The molecule has 1 unspecified atom stereocenters. The van der Waals surface area contributed by atoms with Crippen LogP contribution < -0.4 is 9.47 Å². The van der Waals surface area contributed by atoms with Crippen LogP contribution in [0.25, 0.3) is 0 Å². The fraction of sp³-hybridized carbons (Fsp3) is 0.318. The van der Waals surface area contributed by atoms with E-state index in [1.807, 2.05) is 29.2 Å². The molecule has 0 fully saturated rings. The molecule has 0 aliphatic carbocycles. The smallest absolute Gasteiger partial charge is 0.223 e. The SMILES string of the molecule is COc1ccc(OCCCC(=O)N2CCc3sccc3C2c2cccs2)cc1. The van der Waals surface area contributed by atoms with Gasteiger partial charge in [0.1, 0.15) is 11.5 Å². The van der Waals surface area contributed by atoms with Gasteiger partial charge in [-0.05, 0) is 65.6 Å². The number of fused-ring (bicyclic) bond motifs is 1. The molecular formula is C22H23NO3S2. The lowest BCUT2D eigenvalue weighted by atomic mass is 9.98. The van der Waals surface area contributed by atoms with Crippen LogP contribution in [0.4, 0.5) is 0 Å². The van der Waals surface area contributed by atoms with E-state index >= 15 is 0 Å². The van der Waals surface area contributed by atoms with Gasteiger partial charge in [0, 0.05) is 22.7 Å². The molecule has 6 heteroatoms. The average molecular weight is 414 g/mol. The Balaban J connectivity index is 1.35. The van der Waals surface area contributed by atoms with Gasteiger partial charge in [0.05, 0.1) is 19.8 Å². The summed E-state index contributed by atoms with van der Waals surface area (Å²) in [5, 5.41) is 4.23. The molecule has 1 atom stereocenters. The first kappa shape index (κ1) is 19.0. The third-order valence-electron chi connectivity index (χ3n) is 4.96. The fourth-order valence-electron chi connectivity index (χ4n) is 3.57. The molecule has 1 aliphatic heterocycles. The Morgan fingerprint density at radius 2 is 1.93 bits per heavy atom. The Morgan fingerprint density at radius 1 is 1.11 bits per heavy atom. The van der Waals surface area contributed by atoms with E-state index < -0.39 is 0 Å². The number of nitrogens with zero attached hydrogens (tertiary/aromatic N) is 1. The number of hydrogen-bond donors (Lipinski definition) is 0. The molecule has 0 spiro atoms. The maximum absolute atomic E-state index is 13.0. The summed E-state index contributed by atoms with van der Waals surface area (Å²) in [5.41, 5.74) is 1.29. The Kier molecular flexibility index (Phi) is 5.98. The lowest BCUT2D eigenvalue weighted by Crippen LogP contribution is -2.39. The van der Waals surface area contributed by atoms with Gasteiger partial charge in [0.2, 0.25) is 5.91 Å². The van der Waals surface area contributed by atoms with Gasteiger partial charge >= 0.3 is 0 Å². The monoisotopic (exact) mass is 413 g/mol. The highest BCUT2D eigenvalue weighted by Gasteiger charge is 2.32. The molecular weight excluding hydrogens is 390 g/mol. The molecule has 3 aromatic rings. The molecule has 4 rings (SSSR count). The Morgan fingerprint density at radius 3 is 2.68 bits per heavy atom. The normalized spacial score (nSPS) is 15.9. The van der Waals surface area contributed by atoms with E-state index in [0.717, 1.165) is 24.5 Å². The molecule has 3 heterocycles. The summed E-state index contributed by atoms with van der Waals surface area (Å²) in [4.78, 5) is 17.7. The number of rotatable bonds is 7. The second kappa shape index (κ2) is 8.80. The van der Waals surface area contributed by atoms with Gasteiger partial charge in [-0.1, -0.05) is 6.07 Å². The summed E-state index contributed by atoms with van der Waals surface area (Å²) < 4.78 is 10.9. The highest BCUT2D eigenvalue weighted by atomic mass is 32.1. The van der Waals surface area contributed by atoms with E-state index in [9.17, 15) is 4.79 Å². The number of carbonyl (C=O) groups is 1. The number of methoxy groups -OCH3 is 1. The molecule has 4 nitrogen and oxygen atoms in total. The van der Waals surface area contributed by atoms with Crippen LogP contribution in [0.1, 0.15) is 34.2 Å². The van der Waals surface area contributed by atoms with E-state index in [2.05, 4.69) is 29.0 Å². The van der Waals surface area contributed by atoms with Crippen molar-refractivity contribution in [2.75, 3.05) is 20.3 Å². The van der Waals surface area contributed by atoms with Crippen LogP contribution in [0.5, 0.6) is 11.5 Å². The van der Waals surface area contributed by atoms with Crippen LogP contribution >= 0.6 is 22.7 Å². The fourth-order valence-corrected chi connectivity index (χ4v) is 5.33. The summed E-state index contributed by atoms with van der Waals surface area (Å²) >= 11 is 3.52. The number of hydrogen-bond acceptors (Lipinski definition) is 5. The molecule has 1 aromatic carbocycles. The lowest BCUT2D eigenvalue weighted by Gasteiger charge is -2.35. The number of benzene rings is 1. The first-order valence-corrected chi connectivity index (χ1v) is 11.2. The van der Waals surface area contributed by atoms with Crippen molar-refractivity contribution in [2.24, 2.45) is 0 Å². The maximum atomic E-state index is 13.0. The summed E-state index contributed by atoms with van der Waals surface area (Å²) in [6, 6.07) is 13.9. The van der Waals surface area contributed by atoms with Crippen molar-refractivity contribution in [1.82, 2.24) is 4.90 Å². The quantitative estimate of drug-likeness (QED) is 0.503. The molecule has 0 bridgehead atoms. The van der Waals surface area contributed by atoms with Crippen molar-refractivity contribution in [3.63, 3.8) is 0 Å². The van der Waals surface area contributed by atoms with Crippen molar-refractivity contribution < 1.29 is 14.3 Å². The van der Waals surface area contributed by atoms with Crippen LogP contribution in [0.2, 0.25) is 0 Å². The van der Waals surface area contributed by atoms with Crippen molar-refractivity contribution in [3.8, 4) is 11.5 Å². The van der Waals surface area contributed by atoms with Gasteiger partial charge in [-0.2, -0.15) is 0 Å². The van der Waals surface area contributed by atoms with Gasteiger partial charge in [-0.25, -0.2) is 0 Å². The first-order valence-electron chi connectivity index (χ1n) is 9.42. The van der Waals surface area contributed by atoms with Crippen LogP contribution in [0.15, 0.2) is 53.2 Å². The molecule has 0 radical (unpaired) electrons. The minimum absolute atomic E-state index is 0.0602. The van der Waals surface area contributed by atoms with Gasteiger partial charge in [-0.3, -0.25) is 4.79 Å². The lowest BCUT2D eigenvalue weighted by molar-refractivity contribution is -0.133. The van der Waals surface area contributed by atoms with E-state index in [-0.39, 0.29) is 11.9 Å². The minimum atomic E-state index is 0.0602. The zero-order valence-corrected chi connectivity index (χ0v) is 17.4. The number of thiophene rings is 2. The molecule has 0 saturated carbocycles. The number of carbonyl (C=O) groups excluding carboxylic acids is 1. The Hall–Kier alpha value is -2.31. The largest absolute Gasteiger partial charge is 0.497 e. The predicted molar refractivity (Wildman–Crippen MR) is 114 cm³/mol. The van der Waals surface area contributed by atoms with Crippen LogP contribution in [-0.4, -0.2) is 31.1 Å². The summed E-state index contributed by atoms with van der Waals surface area (Å²) in [6.07, 6.45) is 2.15. The number of ether oxygens (including phenoxy) is 2. The molecule has 28 heavy (non-hydrogen) atoms. The van der Waals surface area contributed by atoms with Crippen molar-refractivity contribution >= 4 is 28.6 Å². The summed E-state index contributed by atoms with van der Waals surface area (Å²) in [5.74, 6) is 1.80. The zero-order chi connectivity index (χ0) is 19.3. The van der Waals surface area contributed by atoms with Crippen molar-refractivity contribution in [3.05, 3.63) is 68.5 Å². The second-order valence-corrected chi connectivity index (χ2v) is 8.66. The standard InChI is InChI=1S/C22H23NO3S2/c1-25-16-6-8-17(9-7-16)26-13-2-5-21(24)23-12-10-19-18(11-15-28-19)22(23)20-4-3-14-27-20/h3-4,6-9,11,14-15,22H,2,5,10,12-13H2,1H3. The van der Waals surface area contributed by atoms with Crippen molar-refractivity contribution in [2.45, 2.75) is 25.3 Å². The summed E-state index contributed by atoms with van der Waals surface area (Å²) in [7, 11) is 1.64. The van der Waals surface area contributed by atoms with E-state index in [1.54, 1.807) is 29.8 Å². The predicted octanol–water partition coefficient (Wildman–Crippen LogP) is 5.15. The van der Waals surface area contributed by atoms with Crippen LogP contribution in [0, 0.1) is 0 Å². The van der Waals surface area contributed by atoms with E-state index in [1.165, 1.54) is 15.3 Å². The van der Waals surface area contributed by atoms with Crippen LogP contribution in [0.3, 0.4) is 0 Å². The molecule has 0 N–H and O–H groups in total. The third-order valence-corrected chi connectivity index (χ3v) is 6.88. The average Bonchev–Trinajstić information content (AvgIpc) is 3.42. The van der Waals surface area contributed by atoms with E-state index in [0.29, 0.717) is 19.4 Å². The highest BCUT2D eigenvalue weighted by molar-refractivity contribution is 7.10. The Labute approximate surface area is 173 Å². The first-order chi connectivity index (χ1) is 13.8. The minimum Gasteiger partial charge on any atom is -0.497 e. The van der Waals surface area contributed by atoms with Gasteiger partial charge < -0.3 is 14.4 Å². The maximum Gasteiger partial charge on any atom is 0.223 e. The molecule has 0 saturated heterocycles. The molecule has 1 amide bonds. The van der Waals surface area contributed by atoms with Crippen molar-refractivity contribution in [1.29, 1.82) is 0 Å². The highest BCUT2D eigenvalue weighted by Crippen LogP contribution is 2.39. The Bertz CT molecular complexity index is 902. The van der Waals surface area contributed by atoms with Gasteiger partial charge in [0.15, 0.2) is 0 Å². The van der Waals surface area contributed by atoms with Gasteiger partial charge in [0.25, 0.3) is 0 Å². The molecule has 2 aromatic heterocycles. The molecule has 146 valence electrons. The second-order valence-electron chi connectivity index (χ2n) is 6.68. The van der Waals surface area contributed by atoms with Gasteiger partial charge in [-0.15, -0.1) is 22.7 Å². The third kappa shape index (κ3) is 4.08. The number of amides is 1.